The lowest BCUT2D eigenvalue weighted by Gasteiger charge is -2.32. The van der Waals surface area contributed by atoms with E-state index in [1.165, 1.54) is 24.4 Å². The van der Waals surface area contributed by atoms with Crippen LogP contribution in [0.4, 0.5) is 0 Å². The lowest BCUT2D eigenvalue weighted by molar-refractivity contribution is 0.166. The number of methoxy groups -OCH3 is 1. The van der Waals surface area contributed by atoms with Crippen LogP contribution in [0.1, 0.15) is 53.9 Å². The number of likely N-dealkylation sites (N-methyl/N-ethyl adjacent to an activating group) is 1. The largest absolute Gasteiger partial charge is 0.388 e. The highest BCUT2D eigenvalue weighted by Gasteiger charge is 2.20. The highest BCUT2D eigenvalue weighted by atomic mass is 32.1. The molecule has 1 aliphatic carbocycles. The summed E-state index contributed by atoms with van der Waals surface area (Å²) in [4.78, 5) is 18.9. The van der Waals surface area contributed by atoms with E-state index in [9.17, 15) is 4.79 Å². The SMILES string of the molecule is CC.CC.CC1C#CC=CC=C1.CN1CCCCC1Cn1cnc2cnsc2c1=O.COC. The summed E-state index contributed by atoms with van der Waals surface area (Å²) in [7, 11) is 5.38. The number of hydrogen-bond donors (Lipinski definition) is 0. The van der Waals surface area contributed by atoms with Crippen LogP contribution in [0.25, 0.3) is 10.2 Å². The summed E-state index contributed by atoms with van der Waals surface area (Å²) in [6.07, 6.45) is 14.9. The molecule has 0 amide bonds. The van der Waals surface area contributed by atoms with Crippen molar-refractivity contribution in [3.63, 3.8) is 0 Å². The molecule has 7 heteroatoms. The Morgan fingerprint density at radius 3 is 2.55 bits per heavy atom. The van der Waals surface area contributed by atoms with Crippen molar-refractivity contribution in [1.29, 1.82) is 0 Å². The minimum absolute atomic E-state index is 0.0430. The van der Waals surface area contributed by atoms with E-state index in [1.54, 1.807) is 31.3 Å². The zero-order valence-electron chi connectivity index (χ0n) is 21.7. The lowest BCUT2D eigenvalue weighted by atomic mass is 10.0. The molecule has 2 aromatic rings. The molecule has 1 fully saturated rings. The van der Waals surface area contributed by atoms with Crippen LogP contribution in [-0.2, 0) is 11.3 Å². The van der Waals surface area contributed by atoms with E-state index in [0.29, 0.717) is 22.2 Å². The van der Waals surface area contributed by atoms with Gasteiger partial charge >= 0.3 is 0 Å². The maximum Gasteiger partial charge on any atom is 0.272 e. The molecule has 3 heterocycles. The minimum atomic E-state index is 0.0430. The van der Waals surface area contributed by atoms with E-state index in [-0.39, 0.29) is 5.56 Å². The van der Waals surface area contributed by atoms with Crippen LogP contribution in [0, 0.1) is 17.8 Å². The summed E-state index contributed by atoms with van der Waals surface area (Å²) in [6.45, 7) is 11.9. The number of nitrogens with zero attached hydrogens (tertiary/aromatic N) is 4. The van der Waals surface area contributed by atoms with E-state index in [1.807, 2.05) is 45.9 Å². The Bertz CT molecular complexity index is 937. The molecule has 184 valence electrons. The molecule has 4 rings (SSSR count). The molecule has 33 heavy (non-hydrogen) atoms. The van der Waals surface area contributed by atoms with Crippen LogP contribution in [0.3, 0.4) is 0 Å². The van der Waals surface area contributed by atoms with Crippen LogP contribution >= 0.6 is 11.5 Å². The van der Waals surface area contributed by atoms with Gasteiger partial charge in [0, 0.05) is 32.7 Å². The second-order valence-corrected chi connectivity index (χ2v) is 7.90. The van der Waals surface area contributed by atoms with Gasteiger partial charge in [-0.3, -0.25) is 9.36 Å². The zero-order chi connectivity index (χ0) is 25.1. The fraction of sp³-hybridized carbons (Fsp3) is 0.577. The van der Waals surface area contributed by atoms with Crippen LogP contribution in [0.2, 0.25) is 0 Å². The third kappa shape index (κ3) is 11.4. The Balaban J connectivity index is 0.000000571. The van der Waals surface area contributed by atoms with Crippen LogP contribution in [0.15, 0.2) is 41.6 Å². The zero-order valence-corrected chi connectivity index (χ0v) is 22.5. The fourth-order valence-electron chi connectivity index (χ4n) is 3.08. The molecule has 6 nitrogen and oxygen atoms in total. The first-order valence-electron chi connectivity index (χ1n) is 11.8. The maximum absolute atomic E-state index is 12.2. The first kappa shape index (κ1) is 30.7. The molecule has 0 spiro atoms. The fourth-order valence-corrected chi connectivity index (χ4v) is 3.74. The number of hydrogen-bond acceptors (Lipinski definition) is 6. The molecule has 2 aromatic heterocycles. The Hall–Kier alpha value is -2.27. The Morgan fingerprint density at radius 1 is 1.18 bits per heavy atom. The monoisotopic (exact) mass is 474 g/mol. The minimum Gasteiger partial charge on any atom is -0.388 e. The quantitative estimate of drug-likeness (QED) is 0.545. The van der Waals surface area contributed by atoms with Gasteiger partial charge in [-0.1, -0.05) is 64.2 Å². The molecular formula is C26H42N4O2S. The van der Waals surface area contributed by atoms with Crippen molar-refractivity contribution in [2.24, 2.45) is 5.92 Å². The van der Waals surface area contributed by atoms with Crippen LogP contribution < -0.4 is 5.56 Å². The second kappa shape index (κ2) is 19.2. The summed E-state index contributed by atoms with van der Waals surface area (Å²) in [5.41, 5.74) is 0.750. The second-order valence-electron chi connectivity index (χ2n) is 7.10. The van der Waals surface area contributed by atoms with Gasteiger partial charge in [0.1, 0.15) is 10.2 Å². The molecule has 0 saturated carbocycles. The first-order chi connectivity index (χ1) is 16.1. The maximum atomic E-state index is 12.2. The van der Waals surface area contributed by atoms with E-state index in [2.05, 4.69) is 50.9 Å². The van der Waals surface area contributed by atoms with Crippen molar-refractivity contribution >= 4 is 21.7 Å². The lowest BCUT2D eigenvalue weighted by Crippen LogP contribution is -2.41. The van der Waals surface area contributed by atoms with E-state index >= 15 is 0 Å². The van der Waals surface area contributed by atoms with Crippen molar-refractivity contribution in [3.8, 4) is 11.8 Å². The van der Waals surface area contributed by atoms with Crippen molar-refractivity contribution in [1.82, 2.24) is 18.8 Å². The van der Waals surface area contributed by atoms with Crippen molar-refractivity contribution in [2.45, 2.75) is 66.5 Å². The van der Waals surface area contributed by atoms with Gasteiger partial charge in [0.05, 0.1) is 12.5 Å². The van der Waals surface area contributed by atoms with Gasteiger partial charge in [0.2, 0.25) is 0 Å². The number of piperidine rings is 1. The highest BCUT2D eigenvalue weighted by Crippen LogP contribution is 2.16. The molecular weight excluding hydrogens is 432 g/mol. The normalized spacial score (nSPS) is 18.4. The van der Waals surface area contributed by atoms with E-state index in [4.69, 9.17) is 0 Å². The molecule has 0 aromatic carbocycles. The Kier molecular flexibility index (Phi) is 17.9. The van der Waals surface area contributed by atoms with E-state index in [0.717, 1.165) is 19.5 Å². The smallest absolute Gasteiger partial charge is 0.272 e. The number of rotatable bonds is 2. The van der Waals surface area contributed by atoms with Crippen LogP contribution in [0.5, 0.6) is 0 Å². The number of likely N-dealkylation sites (tertiary alicyclic amines) is 1. The number of ether oxygens (including phenoxy) is 1. The molecule has 2 atom stereocenters. The number of aromatic nitrogens is 3. The standard InChI is InChI=1S/C12H16N4OS.C8H8.C2H6O.2C2H6/c1-15-5-3-2-4-9(15)7-16-8-13-10-6-14-18-11(10)12(16)17;1-8-6-4-2-3-5-7-8;1-3-2;2*1-2/h6,8-9H,2-5,7H2,1H3;2-4,6,8H,1H3;1-2H3;2*1-2H3. The molecule has 0 bridgehead atoms. The molecule has 0 N–H and O–H groups in total. The van der Waals surface area contributed by atoms with Crippen molar-refractivity contribution < 1.29 is 4.74 Å². The Morgan fingerprint density at radius 2 is 1.88 bits per heavy atom. The van der Waals surface area contributed by atoms with Gasteiger partial charge in [0.25, 0.3) is 5.56 Å². The third-order valence-corrected chi connectivity index (χ3v) is 5.45. The van der Waals surface area contributed by atoms with Gasteiger partial charge in [-0.2, -0.15) is 4.37 Å². The summed E-state index contributed by atoms with van der Waals surface area (Å²) >= 11 is 1.23. The van der Waals surface area contributed by atoms with Crippen LogP contribution in [-0.4, -0.2) is 52.7 Å². The van der Waals surface area contributed by atoms with Gasteiger partial charge in [-0.15, -0.1) is 0 Å². The predicted molar refractivity (Wildman–Crippen MR) is 143 cm³/mol. The van der Waals surface area contributed by atoms with Gasteiger partial charge in [-0.25, -0.2) is 4.98 Å². The topological polar surface area (TPSA) is 60.2 Å². The highest BCUT2D eigenvalue weighted by molar-refractivity contribution is 7.13. The molecule has 2 unspecified atom stereocenters. The summed E-state index contributed by atoms with van der Waals surface area (Å²) in [6, 6.07) is 0.448. The van der Waals surface area contributed by atoms with Gasteiger partial charge < -0.3 is 9.64 Å². The molecule has 1 saturated heterocycles. The van der Waals surface area contributed by atoms with Gasteiger partial charge in [-0.05, 0) is 51.0 Å². The third-order valence-electron chi connectivity index (χ3n) is 4.67. The first-order valence-corrected chi connectivity index (χ1v) is 12.6. The number of allylic oxidation sites excluding steroid dienone is 4. The van der Waals surface area contributed by atoms with Gasteiger partial charge in [0.15, 0.2) is 0 Å². The average Bonchev–Trinajstić information content (AvgIpc) is 3.20. The molecule has 2 aliphatic rings. The summed E-state index contributed by atoms with van der Waals surface area (Å²) in [5, 5.41) is 0. The van der Waals surface area contributed by atoms with Crippen molar-refractivity contribution in [2.75, 3.05) is 27.8 Å². The predicted octanol–water partition coefficient (Wildman–Crippen LogP) is 5.40. The van der Waals surface area contributed by atoms with E-state index < -0.39 is 0 Å². The summed E-state index contributed by atoms with van der Waals surface area (Å²) < 4.78 is 10.7. The Labute approximate surface area is 204 Å². The average molecular weight is 475 g/mol. The van der Waals surface area contributed by atoms with Crippen molar-refractivity contribution in [3.05, 3.63) is 47.2 Å². The molecule has 0 radical (unpaired) electrons. The summed E-state index contributed by atoms with van der Waals surface area (Å²) in [5.74, 6) is 6.35. The molecule has 1 aliphatic heterocycles. The number of fused-ring (bicyclic) bond motifs is 1.